The van der Waals surface area contributed by atoms with Crippen LogP contribution in [0.25, 0.3) is 65.1 Å². The predicted octanol–water partition coefficient (Wildman–Crippen LogP) is 10.6. The Morgan fingerprint density at radius 3 is 1.91 bits per heavy atom. The second kappa shape index (κ2) is 10.3. The van der Waals surface area contributed by atoms with Crippen molar-refractivity contribution < 1.29 is 0 Å². The van der Waals surface area contributed by atoms with Gasteiger partial charge in [0.25, 0.3) is 0 Å². The predicted molar refractivity (Wildman–Crippen MR) is 185 cm³/mol. The van der Waals surface area contributed by atoms with Gasteiger partial charge in [-0.25, -0.2) is 15.0 Å². The van der Waals surface area contributed by atoms with Crippen LogP contribution in [0.4, 0.5) is 5.69 Å². The number of hydrogen-bond acceptors (Lipinski definition) is 6. The lowest BCUT2D eigenvalue weighted by atomic mass is 10.0. The van der Waals surface area contributed by atoms with Crippen LogP contribution in [0.2, 0.25) is 0 Å². The molecule has 0 saturated heterocycles. The first-order valence-corrected chi connectivity index (χ1v) is 16.3. The third kappa shape index (κ3) is 4.26. The number of aromatic nitrogens is 3. The number of anilines is 1. The maximum Gasteiger partial charge on any atom is 0.164 e. The normalized spacial score (nSPS) is 14.2. The summed E-state index contributed by atoms with van der Waals surface area (Å²) >= 11 is 3.77. The molecule has 44 heavy (non-hydrogen) atoms. The van der Waals surface area contributed by atoms with Crippen LogP contribution >= 0.6 is 23.1 Å². The Morgan fingerprint density at radius 2 is 1.16 bits per heavy atom. The van der Waals surface area contributed by atoms with E-state index in [-0.39, 0.29) is 5.37 Å². The molecule has 8 aromatic rings. The van der Waals surface area contributed by atoms with E-state index in [1.165, 1.54) is 41.4 Å². The zero-order valence-electron chi connectivity index (χ0n) is 23.4. The van der Waals surface area contributed by atoms with Crippen molar-refractivity contribution >= 4 is 59.7 Å². The van der Waals surface area contributed by atoms with Gasteiger partial charge in [0.1, 0.15) is 5.37 Å². The van der Waals surface area contributed by atoms with E-state index in [1.807, 2.05) is 83.8 Å². The Labute approximate surface area is 262 Å². The van der Waals surface area contributed by atoms with Crippen molar-refractivity contribution in [2.24, 2.45) is 0 Å². The van der Waals surface area contributed by atoms with E-state index >= 15 is 0 Å². The van der Waals surface area contributed by atoms with Crippen LogP contribution in [-0.2, 0) is 0 Å². The third-order valence-corrected chi connectivity index (χ3v) is 10.7. The van der Waals surface area contributed by atoms with Crippen LogP contribution < -0.4 is 5.32 Å². The molecule has 0 fully saturated rings. The molecule has 208 valence electrons. The molecule has 6 aromatic carbocycles. The lowest BCUT2D eigenvalue weighted by molar-refractivity contribution is 1.07. The third-order valence-electron chi connectivity index (χ3n) is 8.17. The lowest BCUT2D eigenvalue weighted by Crippen LogP contribution is -2.00. The number of fused-ring (bicyclic) bond motifs is 6. The first kappa shape index (κ1) is 25.5. The molecule has 0 spiro atoms. The Balaban J connectivity index is 1.15. The van der Waals surface area contributed by atoms with Gasteiger partial charge < -0.3 is 5.32 Å². The van der Waals surface area contributed by atoms with Crippen LogP contribution in [0, 0.1) is 0 Å². The van der Waals surface area contributed by atoms with Crippen LogP contribution in [0.3, 0.4) is 0 Å². The summed E-state index contributed by atoms with van der Waals surface area (Å²) in [5.41, 5.74) is 5.39. The van der Waals surface area contributed by atoms with Crippen molar-refractivity contribution in [2.45, 2.75) is 10.3 Å². The number of hydrogen-bond donors (Lipinski definition) is 1. The summed E-state index contributed by atoms with van der Waals surface area (Å²) in [5, 5.41) is 9.01. The first-order valence-electron chi connectivity index (χ1n) is 14.6. The topological polar surface area (TPSA) is 50.7 Å². The van der Waals surface area contributed by atoms with Crippen molar-refractivity contribution in [1.29, 1.82) is 0 Å². The van der Waals surface area contributed by atoms with Crippen molar-refractivity contribution in [3.05, 3.63) is 139 Å². The molecule has 0 amide bonds. The fourth-order valence-corrected chi connectivity index (χ4v) is 8.64. The molecule has 0 bridgehead atoms. The van der Waals surface area contributed by atoms with Crippen molar-refractivity contribution in [1.82, 2.24) is 15.0 Å². The highest BCUT2D eigenvalue weighted by molar-refractivity contribution is 8.00. The molecule has 9 rings (SSSR count). The van der Waals surface area contributed by atoms with Gasteiger partial charge in [0.05, 0.1) is 0 Å². The van der Waals surface area contributed by atoms with Crippen LogP contribution in [0.15, 0.2) is 138 Å². The molecule has 0 saturated carbocycles. The number of nitrogens with zero attached hydrogens (tertiary/aromatic N) is 3. The zero-order valence-corrected chi connectivity index (χ0v) is 25.1. The van der Waals surface area contributed by atoms with Gasteiger partial charge in [-0.2, -0.15) is 0 Å². The highest BCUT2D eigenvalue weighted by atomic mass is 32.2. The van der Waals surface area contributed by atoms with E-state index in [9.17, 15) is 0 Å². The molecule has 4 nitrogen and oxygen atoms in total. The summed E-state index contributed by atoms with van der Waals surface area (Å²) in [7, 11) is 0. The van der Waals surface area contributed by atoms with E-state index in [0.29, 0.717) is 17.5 Å². The second-order valence-electron chi connectivity index (χ2n) is 10.9. The molecule has 1 aliphatic heterocycles. The molecular weight excluding hydrogens is 577 g/mol. The highest BCUT2D eigenvalue weighted by Crippen LogP contribution is 2.52. The van der Waals surface area contributed by atoms with Gasteiger partial charge in [-0.15, -0.1) is 11.3 Å². The smallest absolute Gasteiger partial charge is 0.164 e. The van der Waals surface area contributed by atoms with Crippen LogP contribution in [0.1, 0.15) is 10.9 Å². The lowest BCUT2D eigenvalue weighted by Gasteiger charge is -2.12. The van der Waals surface area contributed by atoms with Crippen LogP contribution in [-0.4, -0.2) is 15.0 Å². The molecular formula is C38H24N4S2. The molecule has 1 N–H and O–H groups in total. The van der Waals surface area contributed by atoms with Gasteiger partial charge in [0.15, 0.2) is 17.5 Å². The summed E-state index contributed by atoms with van der Waals surface area (Å²) in [6.45, 7) is 0. The molecule has 6 heteroatoms. The largest absolute Gasteiger partial charge is 0.368 e. The zero-order chi connectivity index (χ0) is 29.0. The number of benzene rings is 6. The maximum atomic E-state index is 4.97. The quantitative estimate of drug-likeness (QED) is 0.218. The summed E-state index contributed by atoms with van der Waals surface area (Å²) in [5.74, 6) is 2.00. The highest BCUT2D eigenvalue weighted by Gasteiger charge is 2.27. The van der Waals surface area contributed by atoms with Crippen molar-refractivity contribution in [3.8, 4) is 34.2 Å². The molecule has 1 aliphatic rings. The fourth-order valence-electron chi connectivity index (χ4n) is 6.01. The van der Waals surface area contributed by atoms with E-state index in [1.54, 1.807) is 0 Å². The second-order valence-corrected chi connectivity index (χ2v) is 13.0. The van der Waals surface area contributed by atoms with Gasteiger partial charge in [-0.05, 0) is 29.0 Å². The Hall–Kier alpha value is -5.04. The van der Waals surface area contributed by atoms with Gasteiger partial charge in [0, 0.05) is 53.0 Å². The van der Waals surface area contributed by atoms with Gasteiger partial charge in [-0.3, -0.25) is 0 Å². The summed E-state index contributed by atoms with van der Waals surface area (Å²) in [6.07, 6.45) is 0. The molecule has 0 radical (unpaired) electrons. The summed E-state index contributed by atoms with van der Waals surface area (Å²) < 4.78 is 2.68. The minimum absolute atomic E-state index is 0.127. The van der Waals surface area contributed by atoms with Crippen LogP contribution in [0.5, 0.6) is 0 Å². The van der Waals surface area contributed by atoms with E-state index in [0.717, 1.165) is 22.4 Å². The monoisotopic (exact) mass is 600 g/mol. The number of thioether (sulfide) groups is 1. The van der Waals surface area contributed by atoms with E-state index < -0.39 is 0 Å². The van der Waals surface area contributed by atoms with E-state index in [2.05, 4.69) is 78.1 Å². The molecule has 0 aliphatic carbocycles. The SMILES string of the molecule is c1ccc(-c2nc(-c3ccccc3)nc(-c3ccc4ccc5c(c4c3)SC(c3cccc4c3sc3ccccc34)N5)n2)cc1. The molecule has 3 heterocycles. The summed E-state index contributed by atoms with van der Waals surface area (Å²) in [4.78, 5) is 16.1. The Kier molecular flexibility index (Phi) is 5.96. The Morgan fingerprint density at radius 1 is 0.523 bits per heavy atom. The summed E-state index contributed by atoms with van der Waals surface area (Å²) in [6, 6.07) is 46.6. The fraction of sp³-hybridized carbons (Fsp3) is 0.0263. The molecule has 1 atom stereocenters. The number of nitrogens with one attached hydrogen (secondary N) is 1. The number of rotatable bonds is 4. The standard InChI is InChI=1S/C38H24N4S2/c1-3-10-24(11-4-1)35-40-36(25-12-5-2-6-13-25)42-37(41-35)26-19-18-23-20-21-31-34(30(23)22-26)44-38(39-31)29-16-9-15-28-27-14-7-8-17-32(27)43-33(28)29/h1-22,38-39H. The minimum atomic E-state index is 0.127. The van der Waals surface area contributed by atoms with Gasteiger partial charge >= 0.3 is 0 Å². The van der Waals surface area contributed by atoms with E-state index in [4.69, 9.17) is 15.0 Å². The molecule has 2 aromatic heterocycles. The van der Waals surface area contributed by atoms with Crippen molar-refractivity contribution in [2.75, 3.05) is 5.32 Å². The average molecular weight is 601 g/mol. The average Bonchev–Trinajstić information content (AvgIpc) is 3.71. The van der Waals surface area contributed by atoms with Crippen molar-refractivity contribution in [3.63, 3.8) is 0 Å². The Bertz CT molecular complexity index is 2290. The first-order chi connectivity index (χ1) is 21.8. The maximum absolute atomic E-state index is 4.97. The minimum Gasteiger partial charge on any atom is -0.368 e. The molecule has 1 unspecified atom stereocenters. The van der Waals surface area contributed by atoms with Gasteiger partial charge in [-0.1, -0.05) is 127 Å². The van der Waals surface area contributed by atoms with Gasteiger partial charge in [0.2, 0.25) is 0 Å². The number of thiophene rings is 1.